The van der Waals surface area contributed by atoms with Gasteiger partial charge < -0.3 is 24.0 Å². The quantitative estimate of drug-likeness (QED) is 0.485. The summed E-state index contributed by atoms with van der Waals surface area (Å²) in [5.74, 6) is 0.475. The number of piperazine rings is 1. The molecule has 0 saturated carbocycles. The molecule has 0 unspecified atom stereocenters. The SMILES string of the molecule is CCOc1ccc([C@@H](c2c(O)cc(C)n(CCOC)c2=O)N2CCN(c3ccccc3F)CC2)cc1. The van der Waals surface area contributed by atoms with Crippen LogP contribution in [0.5, 0.6) is 11.5 Å². The highest BCUT2D eigenvalue weighted by Crippen LogP contribution is 2.34. The summed E-state index contributed by atoms with van der Waals surface area (Å²) in [6, 6.07) is 15.6. The Bertz CT molecular complexity index is 1220. The fourth-order valence-corrected chi connectivity index (χ4v) is 4.89. The van der Waals surface area contributed by atoms with Crippen molar-refractivity contribution in [1.29, 1.82) is 0 Å². The first-order valence-electron chi connectivity index (χ1n) is 12.3. The van der Waals surface area contributed by atoms with E-state index in [4.69, 9.17) is 9.47 Å². The number of nitrogens with zero attached hydrogens (tertiary/aromatic N) is 3. The normalized spacial score (nSPS) is 15.2. The van der Waals surface area contributed by atoms with E-state index in [1.807, 2.05) is 42.2 Å². The van der Waals surface area contributed by atoms with Crippen molar-refractivity contribution in [2.75, 3.05) is 51.4 Å². The number of methoxy groups -OCH3 is 1. The standard InChI is InChI=1S/C28H34FN3O4/c1-4-36-22-11-9-21(10-12-22)27(26-25(33)19-20(2)32(28(26)34)17-18-35-3)31-15-13-30(14-16-31)24-8-6-5-7-23(24)29/h5-12,19,27,33H,4,13-18H2,1-3H3/t27-/m0/s1. The maximum Gasteiger partial charge on any atom is 0.259 e. The highest BCUT2D eigenvalue weighted by atomic mass is 19.1. The number of anilines is 1. The monoisotopic (exact) mass is 495 g/mol. The molecule has 1 atom stereocenters. The van der Waals surface area contributed by atoms with Crippen LogP contribution in [0, 0.1) is 12.7 Å². The maximum absolute atomic E-state index is 14.4. The molecule has 1 saturated heterocycles. The number of benzene rings is 2. The number of aromatic nitrogens is 1. The van der Waals surface area contributed by atoms with Crippen molar-refractivity contribution in [1.82, 2.24) is 9.47 Å². The second kappa shape index (κ2) is 11.6. The number of halogens is 1. The minimum atomic E-state index is -0.467. The fourth-order valence-electron chi connectivity index (χ4n) is 4.89. The van der Waals surface area contributed by atoms with Gasteiger partial charge in [-0.2, -0.15) is 0 Å². The first-order valence-corrected chi connectivity index (χ1v) is 12.3. The van der Waals surface area contributed by atoms with E-state index in [-0.39, 0.29) is 17.1 Å². The molecule has 7 nitrogen and oxygen atoms in total. The molecule has 1 N–H and O–H groups in total. The molecule has 0 aliphatic carbocycles. The van der Waals surface area contributed by atoms with Crippen molar-refractivity contribution in [3.05, 3.63) is 87.6 Å². The maximum atomic E-state index is 14.4. The lowest BCUT2D eigenvalue weighted by molar-refractivity contribution is 0.183. The lowest BCUT2D eigenvalue weighted by atomic mass is 9.95. The summed E-state index contributed by atoms with van der Waals surface area (Å²) in [5.41, 5.74) is 2.23. The first-order chi connectivity index (χ1) is 17.4. The number of aryl methyl sites for hydroxylation is 1. The van der Waals surface area contributed by atoms with Gasteiger partial charge in [-0.1, -0.05) is 24.3 Å². The van der Waals surface area contributed by atoms with Gasteiger partial charge in [-0.05, 0) is 49.7 Å². The van der Waals surface area contributed by atoms with Crippen molar-refractivity contribution in [2.24, 2.45) is 0 Å². The lowest BCUT2D eigenvalue weighted by Gasteiger charge is -2.40. The third-order valence-electron chi connectivity index (χ3n) is 6.69. The number of aromatic hydroxyl groups is 1. The summed E-state index contributed by atoms with van der Waals surface area (Å²) in [4.78, 5) is 17.9. The van der Waals surface area contributed by atoms with Crippen molar-refractivity contribution in [3.63, 3.8) is 0 Å². The molecule has 0 bridgehead atoms. The summed E-state index contributed by atoms with van der Waals surface area (Å²) in [5, 5.41) is 11.0. The highest BCUT2D eigenvalue weighted by Gasteiger charge is 2.32. The van der Waals surface area contributed by atoms with E-state index in [2.05, 4.69) is 4.90 Å². The van der Waals surface area contributed by atoms with Gasteiger partial charge in [0.05, 0.1) is 30.5 Å². The minimum absolute atomic E-state index is 0.0263. The molecule has 8 heteroatoms. The smallest absolute Gasteiger partial charge is 0.259 e. The highest BCUT2D eigenvalue weighted by molar-refractivity contribution is 5.48. The third-order valence-corrected chi connectivity index (χ3v) is 6.69. The molecule has 4 rings (SSSR count). The number of hydrogen-bond acceptors (Lipinski definition) is 6. The number of hydrogen-bond donors (Lipinski definition) is 1. The van der Waals surface area contributed by atoms with E-state index in [0.29, 0.717) is 62.9 Å². The zero-order valence-corrected chi connectivity index (χ0v) is 21.1. The van der Waals surface area contributed by atoms with Gasteiger partial charge in [0.25, 0.3) is 5.56 Å². The van der Waals surface area contributed by atoms with Crippen LogP contribution in [-0.2, 0) is 11.3 Å². The molecule has 1 aromatic heterocycles. The zero-order chi connectivity index (χ0) is 25.7. The van der Waals surface area contributed by atoms with Gasteiger partial charge in [0.2, 0.25) is 0 Å². The van der Waals surface area contributed by atoms with Gasteiger partial charge in [-0.25, -0.2) is 4.39 Å². The first kappa shape index (κ1) is 25.7. The van der Waals surface area contributed by atoms with Gasteiger partial charge in [0.1, 0.15) is 17.3 Å². The molecule has 0 spiro atoms. The molecule has 36 heavy (non-hydrogen) atoms. The molecular formula is C28H34FN3O4. The Balaban J connectivity index is 1.72. The van der Waals surface area contributed by atoms with E-state index in [9.17, 15) is 14.3 Å². The Hall–Kier alpha value is -3.36. The largest absolute Gasteiger partial charge is 0.507 e. The molecule has 0 amide bonds. The Morgan fingerprint density at radius 3 is 2.39 bits per heavy atom. The number of ether oxygens (including phenoxy) is 2. The van der Waals surface area contributed by atoms with Crippen LogP contribution >= 0.6 is 0 Å². The van der Waals surface area contributed by atoms with Crippen LogP contribution in [0.3, 0.4) is 0 Å². The van der Waals surface area contributed by atoms with Crippen LogP contribution < -0.4 is 15.2 Å². The summed E-state index contributed by atoms with van der Waals surface area (Å²) in [7, 11) is 1.60. The Morgan fingerprint density at radius 1 is 1.06 bits per heavy atom. The Labute approximate surface area is 211 Å². The van der Waals surface area contributed by atoms with Gasteiger partial charge in [-0.3, -0.25) is 9.69 Å². The fraction of sp³-hybridized carbons (Fsp3) is 0.393. The number of para-hydroxylation sites is 1. The van der Waals surface area contributed by atoms with Gasteiger partial charge in [0.15, 0.2) is 0 Å². The molecule has 1 fully saturated rings. The molecule has 2 aromatic carbocycles. The second-order valence-electron chi connectivity index (χ2n) is 8.91. The van der Waals surface area contributed by atoms with Crippen molar-refractivity contribution in [3.8, 4) is 11.5 Å². The number of pyridine rings is 1. The van der Waals surface area contributed by atoms with Crippen LogP contribution in [-0.4, -0.2) is 61.1 Å². The van der Waals surface area contributed by atoms with E-state index >= 15 is 0 Å². The van der Waals surface area contributed by atoms with E-state index in [1.54, 1.807) is 36.8 Å². The zero-order valence-electron chi connectivity index (χ0n) is 21.1. The van der Waals surface area contributed by atoms with Crippen LogP contribution in [0.2, 0.25) is 0 Å². The summed E-state index contributed by atoms with van der Waals surface area (Å²) in [6.07, 6.45) is 0. The van der Waals surface area contributed by atoms with Crippen molar-refractivity contribution < 1.29 is 19.0 Å². The predicted octanol–water partition coefficient (Wildman–Crippen LogP) is 3.96. The molecule has 0 radical (unpaired) electrons. The minimum Gasteiger partial charge on any atom is -0.507 e. The predicted molar refractivity (Wildman–Crippen MR) is 139 cm³/mol. The summed E-state index contributed by atoms with van der Waals surface area (Å²) in [6.45, 7) is 7.46. The molecular weight excluding hydrogens is 461 g/mol. The number of rotatable bonds is 9. The Morgan fingerprint density at radius 2 is 1.75 bits per heavy atom. The second-order valence-corrected chi connectivity index (χ2v) is 8.91. The van der Waals surface area contributed by atoms with Gasteiger partial charge in [0, 0.05) is 45.5 Å². The molecule has 192 valence electrons. The van der Waals surface area contributed by atoms with Crippen LogP contribution in [0.25, 0.3) is 0 Å². The topological polar surface area (TPSA) is 67.2 Å². The van der Waals surface area contributed by atoms with Crippen LogP contribution in [0.1, 0.15) is 29.8 Å². The average Bonchev–Trinajstić information content (AvgIpc) is 2.88. The van der Waals surface area contributed by atoms with Gasteiger partial charge in [-0.15, -0.1) is 0 Å². The van der Waals surface area contributed by atoms with E-state index < -0.39 is 6.04 Å². The third kappa shape index (κ3) is 5.39. The van der Waals surface area contributed by atoms with E-state index in [1.165, 1.54) is 6.07 Å². The van der Waals surface area contributed by atoms with Crippen LogP contribution in [0.4, 0.5) is 10.1 Å². The summed E-state index contributed by atoms with van der Waals surface area (Å²) < 4.78 is 26.9. The lowest BCUT2D eigenvalue weighted by Crippen LogP contribution is -2.49. The van der Waals surface area contributed by atoms with Gasteiger partial charge >= 0.3 is 0 Å². The van der Waals surface area contributed by atoms with Crippen molar-refractivity contribution >= 4 is 5.69 Å². The molecule has 3 aromatic rings. The van der Waals surface area contributed by atoms with E-state index in [0.717, 1.165) is 11.3 Å². The molecule has 2 heterocycles. The Kier molecular flexibility index (Phi) is 8.28. The molecule has 1 aliphatic heterocycles. The van der Waals surface area contributed by atoms with Crippen molar-refractivity contribution in [2.45, 2.75) is 26.4 Å². The molecule has 1 aliphatic rings. The summed E-state index contributed by atoms with van der Waals surface area (Å²) >= 11 is 0. The van der Waals surface area contributed by atoms with Crippen LogP contribution in [0.15, 0.2) is 59.4 Å². The average molecular weight is 496 g/mol.